The monoisotopic (exact) mass is 174 g/mol. The first-order chi connectivity index (χ1) is 5.38. The number of para-hydroxylation sites is 2. The van der Waals surface area contributed by atoms with Crippen LogP contribution < -0.4 is 8.92 Å². The van der Waals surface area contributed by atoms with E-state index in [9.17, 15) is 3.89 Å². The summed E-state index contributed by atoms with van der Waals surface area (Å²) >= 11 is -0.196. The summed E-state index contributed by atoms with van der Waals surface area (Å²) in [4.78, 5) is 0. The summed E-state index contributed by atoms with van der Waals surface area (Å²) in [5, 5.41) is 0. The summed E-state index contributed by atoms with van der Waals surface area (Å²) in [5.41, 5.74) is 0. The minimum Gasteiger partial charge on any atom is -0.493 e. The Morgan fingerprint density at radius 2 is 1.91 bits per heavy atom. The van der Waals surface area contributed by atoms with Gasteiger partial charge in [0.25, 0.3) is 12.4 Å². The standard InChI is InChI=1S/C7H7FO2S/c1-9-6-4-2-3-5-7(6)10-11-8/h2-5H,1H3. The molecule has 0 N–H and O–H groups in total. The molecular weight excluding hydrogens is 167 g/mol. The van der Waals surface area contributed by atoms with Gasteiger partial charge in [-0.1, -0.05) is 12.1 Å². The van der Waals surface area contributed by atoms with Crippen LogP contribution in [0.25, 0.3) is 0 Å². The number of halogens is 1. The van der Waals surface area contributed by atoms with Crippen molar-refractivity contribution in [2.75, 3.05) is 7.11 Å². The number of hydrogen-bond donors (Lipinski definition) is 0. The lowest BCUT2D eigenvalue weighted by Gasteiger charge is -2.03. The third-order valence-electron chi connectivity index (χ3n) is 1.19. The first kappa shape index (κ1) is 8.20. The van der Waals surface area contributed by atoms with Gasteiger partial charge in [-0.3, -0.25) is 0 Å². The smallest absolute Gasteiger partial charge is 0.272 e. The van der Waals surface area contributed by atoms with Gasteiger partial charge in [-0.05, 0) is 12.1 Å². The number of rotatable bonds is 3. The lowest BCUT2D eigenvalue weighted by molar-refractivity contribution is 0.398. The third kappa shape index (κ3) is 2.01. The van der Waals surface area contributed by atoms with E-state index >= 15 is 0 Å². The Hall–Kier alpha value is -0.900. The van der Waals surface area contributed by atoms with Gasteiger partial charge in [0.1, 0.15) is 0 Å². The van der Waals surface area contributed by atoms with E-state index in [4.69, 9.17) is 4.74 Å². The molecule has 0 amide bonds. The average Bonchev–Trinajstić information content (AvgIpc) is 2.06. The quantitative estimate of drug-likeness (QED) is 0.656. The van der Waals surface area contributed by atoms with E-state index in [1.165, 1.54) is 7.11 Å². The minimum absolute atomic E-state index is 0.196. The van der Waals surface area contributed by atoms with Crippen LogP contribution >= 0.6 is 12.4 Å². The van der Waals surface area contributed by atoms with Crippen molar-refractivity contribution in [2.45, 2.75) is 0 Å². The molecule has 1 aromatic rings. The zero-order chi connectivity index (χ0) is 8.10. The highest BCUT2D eigenvalue weighted by Crippen LogP contribution is 2.28. The number of methoxy groups -OCH3 is 1. The second-order valence-corrected chi connectivity index (χ2v) is 2.09. The second-order valence-electron chi connectivity index (χ2n) is 1.80. The molecule has 0 saturated heterocycles. The van der Waals surface area contributed by atoms with Crippen LogP contribution in [0.1, 0.15) is 0 Å². The molecule has 0 unspecified atom stereocenters. The van der Waals surface area contributed by atoms with E-state index in [0.29, 0.717) is 11.5 Å². The minimum atomic E-state index is -0.196. The van der Waals surface area contributed by atoms with Crippen LogP contribution in [0.2, 0.25) is 0 Å². The summed E-state index contributed by atoms with van der Waals surface area (Å²) in [6.45, 7) is 0. The molecule has 0 bridgehead atoms. The Labute approximate surface area is 68.8 Å². The normalized spacial score (nSPS) is 9.27. The van der Waals surface area contributed by atoms with E-state index in [1.54, 1.807) is 24.3 Å². The Balaban J connectivity index is 2.83. The Kier molecular flexibility index (Phi) is 3.04. The van der Waals surface area contributed by atoms with Gasteiger partial charge in [-0.25, -0.2) is 0 Å². The molecule has 0 fully saturated rings. The third-order valence-corrected chi connectivity index (χ3v) is 1.43. The molecule has 0 aliphatic carbocycles. The average molecular weight is 174 g/mol. The van der Waals surface area contributed by atoms with Gasteiger partial charge in [-0.2, -0.15) is 0 Å². The molecule has 11 heavy (non-hydrogen) atoms. The Morgan fingerprint density at radius 3 is 2.45 bits per heavy atom. The molecule has 4 heteroatoms. The number of benzene rings is 1. The van der Waals surface area contributed by atoms with Gasteiger partial charge in [0.2, 0.25) is 0 Å². The predicted molar refractivity (Wildman–Crippen MR) is 42.3 cm³/mol. The van der Waals surface area contributed by atoms with Gasteiger partial charge in [0.15, 0.2) is 11.5 Å². The second kappa shape index (κ2) is 4.08. The molecule has 0 aromatic heterocycles. The van der Waals surface area contributed by atoms with Crippen molar-refractivity contribution in [3.05, 3.63) is 24.3 Å². The largest absolute Gasteiger partial charge is 0.493 e. The molecule has 1 aromatic carbocycles. The summed E-state index contributed by atoms with van der Waals surface area (Å²) < 4.78 is 21.1. The van der Waals surface area contributed by atoms with Crippen LogP contribution in [0, 0.1) is 0 Å². The van der Waals surface area contributed by atoms with Gasteiger partial charge >= 0.3 is 0 Å². The maximum atomic E-state index is 11.6. The highest BCUT2D eigenvalue weighted by molar-refractivity contribution is 7.89. The highest BCUT2D eigenvalue weighted by Gasteiger charge is 2.01. The Bertz CT molecular complexity index is 229. The molecule has 1 rings (SSSR count). The summed E-state index contributed by atoms with van der Waals surface area (Å²) in [7, 11) is 1.51. The SMILES string of the molecule is COc1ccccc1OSF. The fraction of sp³-hybridized carbons (Fsp3) is 0.143. The van der Waals surface area contributed by atoms with Gasteiger partial charge in [-0.15, -0.1) is 3.89 Å². The van der Waals surface area contributed by atoms with Crippen LogP contribution in [-0.2, 0) is 0 Å². The molecule has 0 saturated carbocycles. The van der Waals surface area contributed by atoms with Crippen molar-refractivity contribution in [1.82, 2.24) is 0 Å². The lowest BCUT2D eigenvalue weighted by Crippen LogP contribution is -1.86. The van der Waals surface area contributed by atoms with E-state index in [0.717, 1.165) is 0 Å². The number of hydrogen-bond acceptors (Lipinski definition) is 3. The van der Waals surface area contributed by atoms with Crippen LogP contribution in [0.15, 0.2) is 24.3 Å². The molecule has 2 nitrogen and oxygen atoms in total. The molecule has 0 spiro atoms. The molecule has 0 heterocycles. The molecule has 60 valence electrons. The topological polar surface area (TPSA) is 18.5 Å². The first-order valence-corrected chi connectivity index (χ1v) is 3.61. The van der Waals surface area contributed by atoms with E-state index in [1.807, 2.05) is 0 Å². The summed E-state index contributed by atoms with van der Waals surface area (Å²) in [5.74, 6) is 0.917. The molecule has 0 atom stereocenters. The van der Waals surface area contributed by atoms with Crippen molar-refractivity contribution >= 4 is 12.4 Å². The van der Waals surface area contributed by atoms with Gasteiger partial charge in [0.05, 0.1) is 7.11 Å². The molecule has 0 aliphatic rings. The summed E-state index contributed by atoms with van der Waals surface area (Å²) in [6.07, 6.45) is 0. The van der Waals surface area contributed by atoms with Crippen molar-refractivity contribution < 1.29 is 12.8 Å². The Morgan fingerprint density at radius 1 is 1.27 bits per heavy atom. The van der Waals surface area contributed by atoms with Gasteiger partial charge in [0, 0.05) is 0 Å². The van der Waals surface area contributed by atoms with Gasteiger partial charge < -0.3 is 8.92 Å². The fourth-order valence-electron chi connectivity index (χ4n) is 0.722. The van der Waals surface area contributed by atoms with Crippen molar-refractivity contribution in [1.29, 1.82) is 0 Å². The predicted octanol–water partition coefficient (Wildman–Crippen LogP) is 2.61. The van der Waals surface area contributed by atoms with Crippen LogP contribution in [0.5, 0.6) is 11.5 Å². The van der Waals surface area contributed by atoms with E-state index in [-0.39, 0.29) is 12.4 Å². The highest BCUT2D eigenvalue weighted by atomic mass is 32.2. The zero-order valence-electron chi connectivity index (χ0n) is 5.91. The molecule has 0 radical (unpaired) electrons. The van der Waals surface area contributed by atoms with Crippen LogP contribution in [0.4, 0.5) is 3.89 Å². The number of ether oxygens (including phenoxy) is 1. The van der Waals surface area contributed by atoms with Crippen molar-refractivity contribution in [3.8, 4) is 11.5 Å². The zero-order valence-corrected chi connectivity index (χ0v) is 6.73. The van der Waals surface area contributed by atoms with E-state index in [2.05, 4.69) is 4.18 Å². The maximum absolute atomic E-state index is 11.6. The first-order valence-electron chi connectivity index (χ1n) is 2.96. The lowest BCUT2D eigenvalue weighted by atomic mass is 10.3. The van der Waals surface area contributed by atoms with Crippen molar-refractivity contribution in [2.24, 2.45) is 0 Å². The van der Waals surface area contributed by atoms with E-state index < -0.39 is 0 Å². The fourth-order valence-corrected chi connectivity index (χ4v) is 0.927. The molecular formula is C7H7FO2S. The van der Waals surface area contributed by atoms with Crippen LogP contribution in [-0.4, -0.2) is 7.11 Å². The maximum Gasteiger partial charge on any atom is 0.272 e. The summed E-state index contributed by atoms with van der Waals surface area (Å²) in [6, 6.07) is 6.86. The molecule has 0 aliphatic heterocycles. The van der Waals surface area contributed by atoms with Crippen molar-refractivity contribution in [3.63, 3.8) is 0 Å². The van der Waals surface area contributed by atoms with Crippen LogP contribution in [0.3, 0.4) is 0 Å².